The maximum absolute atomic E-state index is 12.7. The van der Waals surface area contributed by atoms with Crippen molar-refractivity contribution in [1.82, 2.24) is 4.90 Å². The molecule has 2 bridgehead atoms. The molecule has 3 atom stereocenters. The first kappa shape index (κ1) is 14.9. The first-order valence-electron chi connectivity index (χ1n) is 8.58. The normalized spacial score (nSPS) is 34.1. The predicted octanol–water partition coefficient (Wildman–Crippen LogP) is 2.92. The first-order chi connectivity index (χ1) is 10.1. The molecule has 1 heterocycles. The lowest BCUT2D eigenvalue weighted by Crippen LogP contribution is -2.48. The maximum atomic E-state index is 12.7. The van der Waals surface area contributed by atoms with Crippen LogP contribution in [0.15, 0.2) is 0 Å². The molecule has 21 heavy (non-hydrogen) atoms. The van der Waals surface area contributed by atoms with Gasteiger partial charge < -0.3 is 10.0 Å². The number of rotatable bonds is 4. The summed E-state index contributed by atoms with van der Waals surface area (Å²) in [7, 11) is 0. The molecule has 0 aromatic rings. The van der Waals surface area contributed by atoms with Crippen LogP contribution in [0.4, 0.5) is 0 Å². The van der Waals surface area contributed by atoms with Crippen LogP contribution in [0.5, 0.6) is 0 Å². The third-order valence-corrected chi connectivity index (χ3v) is 6.27. The number of carboxylic acid groups (broad SMARTS) is 1. The van der Waals surface area contributed by atoms with E-state index in [9.17, 15) is 14.7 Å². The fraction of sp³-hybridized carbons (Fsp3) is 0.882. The van der Waals surface area contributed by atoms with Crippen molar-refractivity contribution in [2.45, 2.75) is 58.3 Å². The van der Waals surface area contributed by atoms with E-state index in [2.05, 4.69) is 0 Å². The van der Waals surface area contributed by atoms with Crippen molar-refractivity contribution < 1.29 is 14.7 Å². The van der Waals surface area contributed by atoms with Gasteiger partial charge in [-0.05, 0) is 50.4 Å². The number of aliphatic carboxylic acids is 1. The van der Waals surface area contributed by atoms with E-state index in [1.54, 1.807) is 0 Å². The molecule has 0 spiro atoms. The number of carboxylic acids is 1. The molecule has 3 aliphatic rings. The molecule has 2 aliphatic carbocycles. The predicted molar refractivity (Wildman–Crippen MR) is 79.7 cm³/mol. The third kappa shape index (κ3) is 2.58. The quantitative estimate of drug-likeness (QED) is 0.867. The summed E-state index contributed by atoms with van der Waals surface area (Å²) >= 11 is 0. The number of likely N-dealkylation sites (tertiary alicyclic amines) is 1. The minimum Gasteiger partial charge on any atom is -0.481 e. The molecule has 0 radical (unpaired) electrons. The Morgan fingerprint density at radius 1 is 1.19 bits per heavy atom. The fourth-order valence-corrected chi connectivity index (χ4v) is 4.99. The zero-order valence-corrected chi connectivity index (χ0v) is 13.0. The van der Waals surface area contributed by atoms with Crippen molar-refractivity contribution in [3.63, 3.8) is 0 Å². The molecule has 2 saturated carbocycles. The third-order valence-electron chi connectivity index (χ3n) is 6.27. The molecule has 1 saturated heterocycles. The number of amides is 1. The topological polar surface area (TPSA) is 57.6 Å². The van der Waals surface area contributed by atoms with E-state index in [0.29, 0.717) is 37.8 Å². The summed E-state index contributed by atoms with van der Waals surface area (Å²) in [4.78, 5) is 26.3. The highest BCUT2D eigenvalue weighted by Crippen LogP contribution is 2.49. The Bertz CT molecular complexity index is 426. The van der Waals surface area contributed by atoms with E-state index < -0.39 is 11.4 Å². The van der Waals surface area contributed by atoms with Gasteiger partial charge in [-0.15, -0.1) is 0 Å². The van der Waals surface area contributed by atoms with Crippen LogP contribution in [0.2, 0.25) is 0 Å². The van der Waals surface area contributed by atoms with Crippen molar-refractivity contribution in [2.24, 2.45) is 23.2 Å². The van der Waals surface area contributed by atoms with E-state index in [1.807, 2.05) is 11.8 Å². The SMILES string of the molecule is CCCC1(C(=O)O)CCN(C(=O)C2CC3CCC2C3)CC1. The lowest BCUT2D eigenvalue weighted by Gasteiger charge is -2.40. The largest absolute Gasteiger partial charge is 0.481 e. The zero-order chi connectivity index (χ0) is 15.0. The van der Waals surface area contributed by atoms with Gasteiger partial charge in [-0.25, -0.2) is 0 Å². The number of carbonyl (C=O) groups is 2. The van der Waals surface area contributed by atoms with Gasteiger partial charge in [0.1, 0.15) is 0 Å². The molecule has 0 aromatic carbocycles. The van der Waals surface area contributed by atoms with Gasteiger partial charge in [0.05, 0.1) is 5.41 Å². The van der Waals surface area contributed by atoms with Crippen molar-refractivity contribution in [3.8, 4) is 0 Å². The number of carbonyl (C=O) groups excluding carboxylic acids is 1. The molecule has 3 rings (SSSR count). The standard InChI is InChI=1S/C17H27NO3/c1-2-5-17(16(20)21)6-8-18(9-7-17)15(19)14-11-12-3-4-13(14)10-12/h12-14H,2-11H2,1H3,(H,20,21). The van der Waals surface area contributed by atoms with Crippen molar-refractivity contribution in [3.05, 3.63) is 0 Å². The Labute approximate surface area is 126 Å². The Balaban J connectivity index is 1.60. The van der Waals surface area contributed by atoms with Gasteiger partial charge in [0.25, 0.3) is 0 Å². The van der Waals surface area contributed by atoms with Crippen LogP contribution in [-0.2, 0) is 9.59 Å². The van der Waals surface area contributed by atoms with Gasteiger partial charge in [0.2, 0.25) is 5.91 Å². The minimum absolute atomic E-state index is 0.243. The molecule has 1 aliphatic heterocycles. The number of hydrogen-bond donors (Lipinski definition) is 1. The second kappa shape index (κ2) is 5.62. The van der Waals surface area contributed by atoms with Gasteiger partial charge >= 0.3 is 5.97 Å². The highest BCUT2D eigenvalue weighted by Gasteiger charge is 2.47. The van der Waals surface area contributed by atoms with Gasteiger partial charge in [0.15, 0.2) is 0 Å². The summed E-state index contributed by atoms with van der Waals surface area (Å²) in [6, 6.07) is 0. The average Bonchev–Trinajstić information content (AvgIpc) is 3.10. The Morgan fingerprint density at radius 3 is 2.38 bits per heavy atom. The van der Waals surface area contributed by atoms with E-state index in [0.717, 1.165) is 25.2 Å². The Kier molecular flexibility index (Phi) is 3.98. The second-order valence-electron chi connectivity index (χ2n) is 7.44. The number of nitrogens with zero attached hydrogens (tertiary/aromatic N) is 1. The molecule has 1 N–H and O–H groups in total. The highest BCUT2D eigenvalue weighted by atomic mass is 16.4. The van der Waals surface area contributed by atoms with Crippen molar-refractivity contribution >= 4 is 11.9 Å². The van der Waals surface area contributed by atoms with Gasteiger partial charge in [-0.3, -0.25) is 9.59 Å². The monoisotopic (exact) mass is 293 g/mol. The van der Waals surface area contributed by atoms with Crippen LogP contribution in [0.3, 0.4) is 0 Å². The molecule has 1 amide bonds. The van der Waals surface area contributed by atoms with Crippen LogP contribution in [0, 0.1) is 23.2 Å². The second-order valence-corrected chi connectivity index (χ2v) is 7.44. The van der Waals surface area contributed by atoms with Gasteiger partial charge in [-0.1, -0.05) is 19.8 Å². The van der Waals surface area contributed by atoms with E-state index >= 15 is 0 Å². The molecule has 4 nitrogen and oxygen atoms in total. The molecular formula is C17H27NO3. The molecule has 118 valence electrons. The van der Waals surface area contributed by atoms with E-state index in [-0.39, 0.29) is 5.92 Å². The molecule has 4 heteroatoms. The number of fused-ring (bicyclic) bond motifs is 2. The van der Waals surface area contributed by atoms with Crippen LogP contribution in [0.25, 0.3) is 0 Å². The van der Waals surface area contributed by atoms with Crippen molar-refractivity contribution in [1.29, 1.82) is 0 Å². The molecule has 0 aromatic heterocycles. The van der Waals surface area contributed by atoms with Gasteiger partial charge in [-0.2, -0.15) is 0 Å². The van der Waals surface area contributed by atoms with Crippen LogP contribution in [-0.4, -0.2) is 35.0 Å². The van der Waals surface area contributed by atoms with Gasteiger partial charge in [0, 0.05) is 19.0 Å². The molecule has 3 unspecified atom stereocenters. The number of piperidine rings is 1. The number of hydrogen-bond acceptors (Lipinski definition) is 2. The smallest absolute Gasteiger partial charge is 0.309 e. The minimum atomic E-state index is -0.670. The van der Waals surface area contributed by atoms with E-state index in [4.69, 9.17) is 0 Å². The lowest BCUT2D eigenvalue weighted by atomic mass is 9.74. The average molecular weight is 293 g/mol. The van der Waals surface area contributed by atoms with Crippen LogP contribution < -0.4 is 0 Å². The highest BCUT2D eigenvalue weighted by molar-refractivity contribution is 5.80. The summed E-state index contributed by atoms with van der Waals surface area (Å²) in [6.45, 7) is 3.31. The Hall–Kier alpha value is -1.06. The first-order valence-corrected chi connectivity index (χ1v) is 8.58. The summed E-state index contributed by atoms with van der Waals surface area (Å²) in [5.41, 5.74) is -0.583. The summed E-state index contributed by atoms with van der Waals surface area (Å²) in [6.07, 6.45) is 7.76. The summed E-state index contributed by atoms with van der Waals surface area (Å²) < 4.78 is 0. The summed E-state index contributed by atoms with van der Waals surface area (Å²) in [5, 5.41) is 9.54. The lowest BCUT2D eigenvalue weighted by molar-refractivity contribution is -0.156. The van der Waals surface area contributed by atoms with Crippen LogP contribution >= 0.6 is 0 Å². The maximum Gasteiger partial charge on any atom is 0.309 e. The fourth-order valence-electron chi connectivity index (χ4n) is 4.99. The summed E-state index contributed by atoms with van der Waals surface area (Å²) in [5.74, 6) is 1.29. The zero-order valence-electron chi connectivity index (χ0n) is 13.0. The van der Waals surface area contributed by atoms with Crippen molar-refractivity contribution in [2.75, 3.05) is 13.1 Å². The van der Waals surface area contributed by atoms with E-state index in [1.165, 1.54) is 19.3 Å². The van der Waals surface area contributed by atoms with Crippen LogP contribution in [0.1, 0.15) is 58.3 Å². The molecule has 3 fully saturated rings. The molecular weight excluding hydrogens is 266 g/mol. The Morgan fingerprint density at radius 2 is 1.90 bits per heavy atom.